The van der Waals surface area contributed by atoms with E-state index < -0.39 is 0 Å². The van der Waals surface area contributed by atoms with Crippen LogP contribution in [0.15, 0.2) is 42.5 Å². The second-order valence-corrected chi connectivity index (χ2v) is 6.54. The van der Waals surface area contributed by atoms with Crippen molar-refractivity contribution in [1.82, 2.24) is 14.9 Å². The Bertz CT molecular complexity index is 892. The molecule has 3 rings (SSSR count). The van der Waals surface area contributed by atoms with E-state index in [2.05, 4.69) is 20.9 Å². The average Bonchev–Trinajstić information content (AvgIpc) is 3.00. The third-order valence-electron chi connectivity index (χ3n) is 4.25. The zero-order chi connectivity index (χ0) is 18.4. The maximum Gasteiger partial charge on any atom is 0.207 e. The van der Waals surface area contributed by atoms with Crippen molar-refractivity contribution in [3.63, 3.8) is 0 Å². The van der Waals surface area contributed by atoms with Gasteiger partial charge in [0.25, 0.3) is 0 Å². The maximum absolute atomic E-state index is 10.6. The van der Waals surface area contributed by atoms with E-state index in [0.717, 1.165) is 52.6 Å². The van der Waals surface area contributed by atoms with Gasteiger partial charge in [-0.2, -0.15) is 0 Å². The molecule has 1 heterocycles. The van der Waals surface area contributed by atoms with Crippen molar-refractivity contribution in [2.75, 3.05) is 6.61 Å². The molecule has 0 aliphatic heterocycles. The normalized spacial score (nSPS) is 10.8. The molecule has 2 aromatic carbocycles. The molecule has 0 aliphatic rings. The first-order valence-corrected chi connectivity index (χ1v) is 9.07. The van der Waals surface area contributed by atoms with Crippen LogP contribution in [-0.4, -0.2) is 22.6 Å². The first-order valence-electron chi connectivity index (χ1n) is 8.69. The second-order valence-electron chi connectivity index (χ2n) is 6.13. The van der Waals surface area contributed by atoms with Gasteiger partial charge in [-0.15, -0.1) is 0 Å². The Morgan fingerprint density at radius 3 is 2.88 bits per heavy atom. The molecule has 0 bridgehead atoms. The number of hydrogen-bond donors (Lipinski definition) is 1. The molecule has 0 saturated heterocycles. The van der Waals surface area contributed by atoms with E-state index in [1.54, 1.807) is 0 Å². The summed E-state index contributed by atoms with van der Waals surface area (Å²) in [6, 6.07) is 13.7. The molecule has 6 heteroatoms. The van der Waals surface area contributed by atoms with E-state index in [0.29, 0.717) is 19.6 Å². The zero-order valence-corrected chi connectivity index (χ0v) is 15.5. The molecule has 0 spiro atoms. The van der Waals surface area contributed by atoms with E-state index in [1.807, 2.05) is 43.3 Å². The third-order valence-corrected chi connectivity index (χ3v) is 4.68. The molecule has 0 radical (unpaired) electrons. The van der Waals surface area contributed by atoms with Gasteiger partial charge >= 0.3 is 0 Å². The minimum Gasteiger partial charge on any atom is -0.494 e. The standard InChI is InChI=1S/C20H22ClN3O2/c1-15-12-16(8-9-17(15)21)26-11-5-4-10-24-19-7-3-2-6-18(19)23-20(24)13-22-14-25/h2-3,6-9,12,14H,4-5,10-11,13H2,1H3,(H,22,25). The van der Waals surface area contributed by atoms with Crippen molar-refractivity contribution in [1.29, 1.82) is 0 Å². The Labute approximate surface area is 157 Å². The fraction of sp³-hybridized carbons (Fsp3) is 0.300. The number of ether oxygens (including phenoxy) is 1. The van der Waals surface area contributed by atoms with Gasteiger partial charge < -0.3 is 14.6 Å². The Morgan fingerprint density at radius 1 is 1.23 bits per heavy atom. The van der Waals surface area contributed by atoms with Crippen molar-refractivity contribution in [3.8, 4) is 5.75 Å². The number of nitrogens with zero attached hydrogens (tertiary/aromatic N) is 2. The van der Waals surface area contributed by atoms with Gasteiger partial charge in [0.1, 0.15) is 11.6 Å². The van der Waals surface area contributed by atoms with E-state index in [1.165, 1.54) is 0 Å². The van der Waals surface area contributed by atoms with Crippen LogP contribution in [0.2, 0.25) is 5.02 Å². The average molecular weight is 372 g/mol. The van der Waals surface area contributed by atoms with Gasteiger partial charge in [-0.05, 0) is 55.7 Å². The number of amides is 1. The highest BCUT2D eigenvalue weighted by molar-refractivity contribution is 6.31. The highest BCUT2D eigenvalue weighted by atomic mass is 35.5. The van der Waals surface area contributed by atoms with Crippen LogP contribution in [0.4, 0.5) is 0 Å². The Hall–Kier alpha value is -2.53. The Kier molecular flexibility index (Phi) is 6.12. The van der Waals surface area contributed by atoms with Crippen LogP contribution in [0.25, 0.3) is 11.0 Å². The number of para-hydroxylation sites is 2. The van der Waals surface area contributed by atoms with E-state index in [-0.39, 0.29) is 0 Å². The fourth-order valence-electron chi connectivity index (χ4n) is 2.91. The Morgan fingerprint density at radius 2 is 2.08 bits per heavy atom. The number of imidazole rings is 1. The number of aryl methyl sites for hydroxylation is 2. The molecule has 0 saturated carbocycles. The fourth-order valence-corrected chi connectivity index (χ4v) is 3.03. The van der Waals surface area contributed by atoms with Crippen LogP contribution in [0.5, 0.6) is 5.75 Å². The molecule has 0 fully saturated rings. The lowest BCUT2D eigenvalue weighted by atomic mass is 10.2. The zero-order valence-electron chi connectivity index (χ0n) is 14.7. The number of carbonyl (C=O) groups excluding carboxylic acids is 1. The summed E-state index contributed by atoms with van der Waals surface area (Å²) in [5.41, 5.74) is 3.05. The number of benzene rings is 2. The molecule has 0 unspecified atom stereocenters. The summed E-state index contributed by atoms with van der Waals surface area (Å²) in [5, 5.41) is 3.45. The van der Waals surface area contributed by atoms with Gasteiger partial charge in [-0.25, -0.2) is 4.98 Å². The lowest BCUT2D eigenvalue weighted by Crippen LogP contribution is -2.15. The number of halogens is 1. The largest absolute Gasteiger partial charge is 0.494 e. The number of unbranched alkanes of at least 4 members (excludes halogenated alkanes) is 1. The van der Waals surface area contributed by atoms with Crippen LogP contribution in [-0.2, 0) is 17.9 Å². The lowest BCUT2D eigenvalue weighted by molar-refractivity contribution is -0.109. The summed E-state index contributed by atoms with van der Waals surface area (Å²) in [6.07, 6.45) is 2.58. The smallest absolute Gasteiger partial charge is 0.207 e. The molecular formula is C20H22ClN3O2. The van der Waals surface area contributed by atoms with Gasteiger partial charge in [-0.1, -0.05) is 23.7 Å². The quantitative estimate of drug-likeness (QED) is 0.455. The number of aromatic nitrogens is 2. The third kappa shape index (κ3) is 4.35. The van der Waals surface area contributed by atoms with E-state index >= 15 is 0 Å². The maximum atomic E-state index is 10.6. The predicted octanol–water partition coefficient (Wildman–Crippen LogP) is 4.10. The number of fused-ring (bicyclic) bond motifs is 1. The summed E-state index contributed by atoms with van der Waals surface area (Å²) in [4.78, 5) is 15.2. The minimum atomic E-state index is 0.429. The first kappa shape index (κ1) is 18.3. The molecule has 1 N–H and O–H groups in total. The van der Waals surface area contributed by atoms with Gasteiger partial charge in [0.15, 0.2) is 0 Å². The minimum absolute atomic E-state index is 0.429. The lowest BCUT2D eigenvalue weighted by Gasteiger charge is -2.10. The second kappa shape index (κ2) is 8.72. The predicted molar refractivity (Wildman–Crippen MR) is 104 cm³/mol. The highest BCUT2D eigenvalue weighted by Gasteiger charge is 2.09. The van der Waals surface area contributed by atoms with Gasteiger partial charge in [0.2, 0.25) is 6.41 Å². The molecule has 0 atom stereocenters. The molecule has 5 nitrogen and oxygen atoms in total. The van der Waals surface area contributed by atoms with Crippen LogP contribution >= 0.6 is 11.6 Å². The summed E-state index contributed by atoms with van der Waals surface area (Å²) in [6.45, 7) is 3.88. The number of carbonyl (C=O) groups is 1. The molecular weight excluding hydrogens is 350 g/mol. The van der Waals surface area contributed by atoms with Crippen LogP contribution < -0.4 is 10.1 Å². The number of nitrogens with one attached hydrogen (secondary N) is 1. The summed E-state index contributed by atoms with van der Waals surface area (Å²) in [5.74, 6) is 1.71. The van der Waals surface area contributed by atoms with E-state index in [4.69, 9.17) is 16.3 Å². The summed E-state index contributed by atoms with van der Waals surface area (Å²) < 4.78 is 7.97. The SMILES string of the molecule is Cc1cc(OCCCCn2c(CNC=O)nc3ccccc32)ccc1Cl. The monoisotopic (exact) mass is 371 g/mol. The molecule has 136 valence electrons. The van der Waals surface area contributed by atoms with Gasteiger partial charge in [-0.3, -0.25) is 4.79 Å². The first-order chi connectivity index (χ1) is 12.7. The van der Waals surface area contributed by atoms with Gasteiger partial charge in [0, 0.05) is 11.6 Å². The molecule has 0 aliphatic carbocycles. The highest BCUT2D eigenvalue weighted by Crippen LogP contribution is 2.21. The Balaban J connectivity index is 1.57. The van der Waals surface area contributed by atoms with Crippen molar-refractivity contribution < 1.29 is 9.53 Å². The van der Waals surface area contributed by atoms with Gasteiger partial charge in [0.05, 0.1) is 24.2 Å². The summed E-state index contributed by atoms with van der Waals surface area (Å²) in [7, 11) is 0. The van der Waals surface area contributed by atoms with Crippen molar-refractivity contribution in [3.05, 3.63) is 58.9 Å². The van der Waals surface area contributed by atoms with Crippen LogP contribution in [0.3, 0.4) is 0 Å². The van der Waals surface area contributed by atoms with Crippen molar-refractivity contribution in [2.24, 2.45) is 0 Å². The number of rotatable bonds is 9. The topological polar surface area (TPSA) is 56.1 Å². The van der Waals surface area contributed by atoms with Crippen molar-refractivity contribution in [2.45, 2.75) is 32.9 Å². The molecule has 26 heavy (non-hydrogen) atoms. The molecule has 3 aromatic rings. The van der Waals surface area contributed by atoms with Crippen LogP contribution in [0, 0.1) is 6.92 Å². The van der Waals surface area contributed by atoms with E-state index in [9.17, 15) is 4.79 Å². The summed E-state index contributed by atoms with van der Waals surface area (Å²) >= 11 is 6.03. The molecule has 1 amide bonds. The van der Waals surface area contributed by atoms with Crippen LogP contribution in [0.1, 0.15) is 24.2 Å². The van der Waals surface area contributed by atoms with Crippen molar-refractivity contribution >= 4 is 29.0 Å². The molecule has 1 aromatic heterocycles. The number of hydrogen-bond acceptors (Lipinski definition) is 3.